The van der Waals surface area contributed by atoms with Crippen molar-refractivity contribution in [3.05, 3.63) is 35.9 Å². The van der Waals surface area contributed by atoms with E-state index in [1.54, 1.807) is 13.8 Å². The van der Waals surface area contributed by atoms with E-state index in [-0.39, 0.29) is 12.8 Å². The van der Waals surface area contributed by atoms with Crippen LogP contribution in [-0.4, -0.2) is 39.6 Å². The summed E-state index contributed by atoms with van der Waals surface area (Å²) >= 11 is 0. The second-order valence-corrected chi connectivity index (χ2v) is 5.19. The monoisotopic (exact) mass is 283 g/mol. The fourth-order valence-electron chi connectivity index (χ4n) is 2.31. The van der Waals surface area contributed by atoms with Crippen LogP contribution >= 0.6 is 0 Å². The van der Waals surface area contributed by atoms with Gasteiger partial charge in [-0.3, -0.25) is 4.90 Å². The van der Waals surface area contributed by atoms with E-state index in [1.807, 2.05) is 30.3 Å². The maximum Gasteiger partial charge on any atom is 0.410 e. The summed E-state index contributed by atoms with van der Waals surface area (Å²) in [7, 11) is 0. The van der Waals surface area contributed by atoms with Crippen LogP contribution in [0.4, 0.5) is 9.18 Å². The molecule has 0 aromatic heterocycles. The van der Waals surface area contributed by atoms with E-state index in [4.69, 9.17) is 0 Å². The van der Waals surface area contributed by atoms with Crippen molar-refractivity contribution >= 4 is 6.09 Å². The molecule has 0 heterocycles. The van der Waals surface area contributed by atoms with Gasteiger partial charge in [0, 0.05) is 0 Å². The largest absolute Gasteiger partial charge is 0.465 e. The summed E-state index contributed by atoms with van der Waals surface area (Å²) in [6.45, 7) is 2.93. The summed E-state index contributed by atoms with van der Waals surface area (Å²) in [5.74, 6) is 0. The van der Waals surface area contributed by atoms with Gasteiger partial charge < -0.3 is 10.2 Å². The van der Waals surface area contributed by atoms with Crippen LogP contribution in [0.1, 0.15) is 32.3 Å². The van der Waals surface area contributed by atoms with Crippen molar-refractivity contribution in [2.24, 2.45) is 0 Å². The zero-order chi connectivity index (χ0) is 15.2. The molecule has 0 saturated carbocycles. The molecule has 5 heteroatoms. The van der Waals surface area contributed by atoms with Gasteiger partial charge in [-0.1, -0.05) is 43.7 Å². The first-order valence-corrected chi connectivity index (χ1v) is 6.75. The Hall–Kier alpha value is -1.62. The van der Waals surface area contributed by atoms with Crippen LogP contribution in [0.15, 0.2) is 30.3 Å². The molecule has 20 heavy (non-hydrogen) atoms. The summed E-state index contributed by atoms with van der Waals surface area (Å²) < 4.78 is 14.1. The molecular formula is C15H22FNO3. The van der Waals surface area contributed by atoms with Crippen LogP contribution in [0, 0.1) is 0 Å². The van der Waals surface area contributed by atoms with Crippen molar-refractivity contribution in [2.75, 3.05) is 6.61 Å². The third kappa shape index (κ3) is 3.93. The third-order valence-electron chi connectivity index (χ3n) is 3.36. The average Bonchev–Trinajstić information content (AvgIpc) is 2.39. The predicted molar refractivity (Wildman–Crippen MR) is 75.3 cm³/mol. The molecule has 112 valence electrons. The molecule has 2 N–H and O–H groups in total. The fraction of sp³-hybridized carbons (Fsp3) is 0.533. The van der Waals surface area contributed by atoms with Crippen molar-refractivity contribution in [3.63, 3.8) is 0 Å². The van der Waals surface area contributed by atoms with E-state index in [2.05, 4.69) is 0 Å². The Morgan fingerprint density at radius 1 is 1.40 bits per heavy atom. The van der Waals surface area contributed by atoms with E-state index in [9.17, 15) is 19.4 Å². The van der Waals surface area contributed by atoms with Gasteiger partial charge in [-0.05, 0) is 25.3 Å². The fourth-order valence-corrected chi connectivity index (χ4v) is 2.31. The summed E-state index contributed by atoms with van der Waals surface area (Å²) in [5.41, 5.74) is -0.319. The Morgan fingerprint density at radius 2 is 2.00 bits per heavy atom. The van der Waals surface area contributed by atoms with E-state index >= 15 is 0 Å². The average molecular weight is 283 g/mol. The molecule has 0 aliphatic heterocycles. The van der Waals surface area contributed by atoms with Gasteiger partial charge in [-0.25, -0.2) is 9.18 Å². The summed E-state index contributed by atoms with van der Waals surface area (Å²) in [6, 6.07) is 9.18. The first-order chi connectivity index (χ1) is 9.44. The first-order valence-electron chi connectivity index (χ1n) is 6.75. The Balaban J connectivity index is 3.01. The molecule has 0 bridgehead atoms. The van der Waals surface area contributed by atoms with Crippen LogP contribution in [0.5, 0.6) is 0 Å². The minimum Gasteiger partial charge on any atom is -0.465 e. The Morgan fingerprint density at radius 3 is 2.45 bits per heavy atom. The number of amides is 1. The number of carboxylic acid groups (broad SMARTS) is 1. The van der Waals surface area contributed by atoms with E-state index < -0.39 is 24.5 Å². The van der Waals surface area contributed by atoms with Crippen LogP contribution in [-0.2, 0) is 6.42 Å². The Bertz CT molecular complexity index is 426. The van der Waals surface area contributed by atoms with Gasteiger partial charge in [0.05, 0.1) is 12.1 Å². The van der Waals surface area contributed by atoms with E-state index in [0.717, 1.165) is 10.5 Å². The number of aliphatic hydroxyl groups is 1. The molecule has 0 aliphatic carbocycles. The smallest absolute Gasteiger partial charge is 0.410 e. The highest BCUT2D eigenvalue weighted by Crippen LogP contribution is 2.26. The second-order valence-electron chi connectivity index (χ2n) is 5.19. The lowest BCUT2D eigenvalue weighted by Gasteiger charge is -2.40. The maximum absolute atomic E-state index is 14.1. The maximum atomic E-state index is 14.1. The molecule has 0 fully saturated rings. The van der Waals surface area contributed by atoms with E-state index in [1.165, 1.54) is 0 Å². The molecule has 1 amide bonds. The van der Waals surface area contributed by atoms with Gasteiger partial charge in [0.15, 0.2) is 6.30 Å². The normalized spacial score (nSPS) is 15.4. The van der Waals surface area contributed by atoms with Crippen LogP contribution in [0.2, 0.25) is 0 Å². The highest BCUT2D eigenvalue weighted by molar-refractivity contribution is 5.66. The van der Waals surface area contributed by atoms with Crippen molar-refractivity contribution in [2.45, 2.75) is 44.9 Å². The molecule has 1 rings (SSSR count). The van der Waals surface area contributed by atoms with E-state index in [0.29, 0.717) is 6.42 Å². The molecule has 1 aromatic carbocycles. The standard InChI is InChI=1S/C15H22FNO3/c1-3-7-13(16)17(14(19)20)15(2,11-18)10-12-8-5-4-6-9-12/h4-6,8-9,13,18H,3,7,10-11H2,1-2H3,(H,19,20). The lowest BCUT2D eigenvalue weighted by molar-refractivity contribution is -0.0272. The molecule has 2 atom stereocenters. The van der Waals surface area contributed by atoms with Gasteiger partial charge >= 0.3 is 6.09 Å². The van der Waals surface area contributed by atoms with Crippen LogP contribution in [0.25, 0.3) is 0 Å². The Kier molecular flexibility index (Phi) is 5.95. The number of aliphatic hydroxyl groups excluding tert-OH is 1. The zero-order valence-electron chi connectivity index (χ0n) is 11.9. The SMILES string of the molecule is CCCC(F)N(C(=O)O)C(C)(CO)Cc1ccccc1. The molecule has 0 radical (unpaired) electrons. The second kappa shape index (κ2) is 7.24. The number of halogens is 1. The lowest BCUT2D eigenvalue weighted by Crippen LogP contribution is -2.56. The Labute approximate surface area is 118 Å². The van der Waals surface area contributed by atoms with Crippen molar-refractivity contribution in [3.8, 4) is 0 Å². The number of alkyl halides is 1. The number of nitrogens with zero attached hydrogens (tertiary/aromatic N) is 1. The summed E-state index contributed by atoms with van der Waals surface area (Å²) in [4.78, 5) is 12.1. The van der Waals surface area contributed by atoms with Crippen molar-refractivity contribution in [1.29, 1.82) is 0 Å². The van der Waals surface area contributed by atoms with Gasteiger partial charge in [-0.15, -0.1) is 0 Å². The number of hydrogen-bond acceptors (Lipinski definition) is 2. The molecule has 4 nitrogen and oxygen atoms in total. The molecule has 1 aromatic rings. The molecule has 0 spiro atoms. The highest BCUT2D eigenvalue weighted by Gasteiger charge is 2.39. The number of benzene rings is 1. The highest BCUT2D eigenvalue weighted by atomic mass is 19.1. The molecule has 0 saturated heterocycles. The topological polar surface area (TPSA) is 60.8 Å². The van der Waals surface area contributed by atoms with Gasteiger partial charge in [-0.2, -0.15) is 0 Å². The van der Waals surface area contributed by atoms with Crippen molar-refractivity contribution in [1.82, 2.24) is 4.90 Å². The number of rotatable bonds is 7. The quantitative estimate of drug-likeness (QED) is 0.756. The number of hydrogen-bond donors (Lipinski definition) is 2. The van der Waals surface area contributed by atoms with Gasteiger partial charge in [0.25, 0.3) is 0 Å². The first kappa shape index (κ1) is 16.4. The zero-order valence-corrected chi connectivity index (χ0v) is 11.9. The number of carbonyl (C=O) groups is 1. The van der Waals surface area contributed by atoms with Crippen LogP contribution in [0.3, 0.4) is 0 Å². The van der Waals surface area contributed by atoms with Crippen LogP contribution < -0.4 is 0 Å². The lowest BCUT2D eigenvalue weighted by atomic mass is 9.91. The molecular weight excluding hydrogens is 261 g/mol. The molecule has 0 aliphatic rings. The summed E-state index contributed by atoms with van der Waals surface area (Å²) in [6.07, 6.45) is -2.04. The predicted octanol–water partition coefficient (Wildman–Crippen LogP) is 3.06. The van der Waals surface area contributed by atoms with Gasteiger partial charge in [0.2, 0.25) is 0 Å². The summed E-state index contributed by atoms with van der Waals surface area (Å²) in [5, 5.41) is 18.9. The third-order valence-corrected chi connectivity index (χ3v) is 3.36. The minimum atomic E-state index is -1.61. The van der Waals surface area contributed by atoms with Gasteiger partial charge in [0.1, 0.15) is 0 Å². The molecule has 2 unspecified atom stereocenters. The minimum absolute atomic E-state index is 0.122. The van der Waals surface area contributed by atoms with Crippen molar-refractivity contribution < 1.29 is 19.4 Å².